The number of nitrogens with one attached hydrogen (secondary N) is 1. The van der Waals surface area contributed by atoms with E-state index in [0.717, 1.165) is 0 Å². The first-order valence-corrected chi connectivity index (χ1v) is 5.40. The maximum atomic E-state index is 11.6. The van der Waals surface area contributed by atoms with Crippen LogP contribution in [0.4, 0.5) is 5.69 Å². The van der Waals surface area contributed by atoms with Gasteiger partial charge in [-0.1, -0.05) is 6.92 Å². The van der Waals surface area contributed by atoms with E-state index in [2.05, 4.69) is 5.32 Å². The SMILES string of the molecule is CC[C@H](N)C(=O)Nc1ccc(OC)c(OC)c1.Cl. The van der Waals surface area contributed by atoms with Gasteiger partial charge in [0.1, 0.15) is 0 Å². The van der Waals surface area contributed by atoms with E-state index < -0.39 is 6.04 Å². The summed E-state index contributed by atoms with van der Waals surface area (Å²) >= 11 is 0. The van der Waals surface area contributed by atoms with Crippen molar-refractivity contribution in [2.45, 2.75) is 19.4 Å². The number of rotatable bonds is 5. The molecule has 0 radical (unpaired) electrons. The van der Waals surface area contributed by atoms with E-state index in [-0.39, 0.29) is 18.3 Å². The van der Waals surface area contributed by atoms with Gasteiger partial charge < -0.3 is 20.5 Å². The minimum absolute atomic E-state index is 0. The van der Waals surface area contributed by atoms with Gasteiger partial charge in [-0.05, 0) is 18.6 Å². The topological polar surface area (TPSA) is 73.6 Å². The van der Waals surface area contributed by atoms with Crippen molar-refractivity contribution >= 4 is 24.0 Å². The summed E-state index contributed by atoms with van der Waals surface area (Å²) in [5.74, 6) is 0.973. The van der Waals surface area contributed by atoms with Crippen molar-refractivity contribution in [1.29, 1.82) is 0 Å². The predicted octanol–water partition coefficient (Wildman–Crippen LogP) is 1.80. The lowest BCUT2D eigenvalue weighted by molar-refractivity contribution is -0.117. The largest absolute Gasteiger partial charge is 0.493 e. The number of nitrogens with two attached hydrogens (primary N) is 1. The highest BCUT2D eigenvalue weighted by Crippen LogP contribution is 2.29. The second-order valence-corrected chi connectivity index (χ2v) is 3.57. The Morgan fingerprint density at radius 3 is 2.44 bits per heavy atom. The number of anilines is 1. The number of methoxy groups -OCH3 is 2. The molecule has 0 aliphatic carbocycles. The van der Waals surface area contributed by atoms with Crippen molar-refractivity contribution in [3.63, 3.8) is 0 Å². The predicted molar refractivity (Wildman–Crippen MR) is 73.7 cm³/mol. The summed E-state index contributed by atoms with van der Waals surface area (Å²) in [4.78, 5) is 11.6. The number of hydrogen-bond donors (Lipinski definition) is 2. The highest BCUT2D eigenvalue weighted by atomic mass is 35.5. The molecule has 0 heterocycles. The number of carbonyl (C=O) groups excluding carboxylic acids is 1. The van der Waals surface area contributed by atoms with E-state index in [4.69, 9.17) is 15.2 Å². The smallest absolute Gasteiger partial charge is 0.241 e. The lowest BCUT2D eigenvalue weighted by atomic mass is 10.2. The molecule has 3 N–H and O–H groups in total. The summed E-state index contributed by atoms with van der Waals surface area (Å²) in [6.45, 7) is 1.86. The lowest BCUT2D eigenvalue weighted by Crippen LogP contribution is -2.34. The Kier molecular flexibility index (Phi) is 7.16. The van der Waals surface area contributed by atoms with Crippen LogP contribution in [0.25, 0.3) is 0 Å². The van der Waals surface area contributed by atoms with Gasteiger partial charge in [-0.3, -0.25) is 4.79 Å². The third-order valence-electron chi connectivity index (χ3n) is 2.43. The Morgan fingerprint density at radius 1 is 1.33 bits per heavy atom. The lowest BCUT2D eigenvalue weighted by Gasteiger charge is -2.12. The highest BCUT2D eigenvalue weighted by molar-refractivity contribution is 5.94. The van der Waals surface area contributed by atoms with Crippen molar-refractivity contribution in [2.24, 2.45) is 5.73 Å². The first-order valence-electron chi connectivity index (χ1n) is 5.40. The van der Waals surface area contributed by atoms with Gasteiger partial charge in [0.15, 0.2) is 11.5 Å². The number of halogens is 1. The van der Waals surface area contributed by atoms with Crippen LogP contribution < -0.4 is 20.5 Å². The molecule has 0 aliphatic heterocycles. The van der Waals surface area contributed by atoms with Crippen molar-refractivity contribution < 1.29 is 14.3 Å². The van der Waals surface area contributed by atoms with Crippen LogP contribution in [0.3, 0.4) is 0 Å². The average molecular weight is 275 g/mol. The fourth-order valence-electron chi connectivity index (χ4n) is 1.33. The van der Waals surface area contributed by atoms with Crippen LogP contribution in [0.2, 0.25) is 0 Å². The van der Waals surface area contributed by atoms with Crippen LogP contribution in [-0.4, -0.2) is 26.2 Å². The van der Waals surface area contributed by atoms with Gasteiger partial charge in [-0.15, -0.1) is 12.4 Å². The summed E-state index contributed by atoms with van der Waals surface area (Å²) in [6, 6.07) is 4.66. The molecule has 6 heteroatoms. The Labute approximate surface area is 113 Å². The van der Waals surface area contributed by atoms with E-state index in [9.17, 15) is 4.79 Å². The van der Waals surface area contributed by atoms with Crippen molar-refractivity contribution in [3.8, 4) is 11.5 Å². The molecule has 0 bridgehead atoms. The molecule has 0 fully saturated rings. The minimum atomic E-state index is -0.497. The summed E-state index contributed by atoms with van der Waals surface area (Å²) in [5.41, 5.74) is 6.26. The molecule has 1 atom stereocenters. The van der Waals surface area contributed by atoms with Crippen LogP contribution in [0, 0.1) is 0 Å². The zero-order valence-corrected chi connectivity index (χ0v) is 11.5. The van der Waals surface area contributed by atoms with Crippen molar-refractivity contribution in [3.05, 3.63) is 18.2 Å². The van der Waals surface area contributed by atoms with Gasteiger partial charge in [0.05, 0.1) is 20.3 Å². The fraction of sp³-hybridized carbons (Fsp3) is 0.417. The van der Waals surface area contributed by atoms with Crippen LogP contribution in [0.1, 0.15) is 13.3 Å². The van der Waals surface area contributed by atoms with E-state index in [1.807, 2.05) is 6.92 Å². The molecular weight excluding hydrogens is 256 g/mol. The number of amides is 1. The third kappa shape index (κ3) is 4.09. The van der Waals surface area contributed by atoms with Gasteiger partial charge in [-0.25, -0.2) is 0 Å². The first-order chi connectivity index (χ1) is 8.12. The summed E-state index contributed by atoms with van der Waals surface area (Å²) in [5, 5.41) is 2.72. The zero-order chi connectivity index (χ0) is 12.8. The first kappa shape index (κ1) is 16.5. The Bertz CT molecular complexity index is 399. The Morgan fingerprint density at radius 2 is 1.94 bits per heavy atom. The molecule has 0 unspecified atom stereocenters. The molecule has 1 amide bonds. The van der Waals surface area contributed by atoms with E-state index in [1.54, 1.807) is 32.4 Å². The molecule has 0 saturated heterocycles. The second kappa shape index (κ2) is 7.79. The molecule has 18 heavy (non-hydrogen) atoms. The van der Waals surface area contributed by atoms with Gasteiger partial charge in [0.25, 0.3) is 0 Å². The molecule has 5 nitrogen and oxygen atoms in total. The molecule has 0 saturated carbocycles. The van der Waals surface area contributed by atoms with Crippen molar-refractivity contribution in [2.75, 3.05) is 19.5 Å². The molecule has 0 aromatic heterocycles. The molecule has 0 spiro atoms. The number of hydrogen-bond acceptors (Lipinski definition) is 4. The van der Waals surface area contributed by atoms with Gasteiger partial charge >= 0.3 is 0 Å². The molecule has 0 aliphatic rings. The standard InChI is InChI=1S/C12H18N2O3.ClH/c1-4-9(13)12(15)14-8-5-6-10(16-2)11(7-8)17-3;/h5-7,9H,4,13H2,1-3H3,(H,14,15);1H/t9-;/m0./s1. The van der Waals surface area contributed by atoms with E-state index in [1.165, 1.54) is 0 Å². The molecule has 1 rings (SSSR count). The highest BCUT2D eigenvalue weighted by Gasteiger charge is 2.12. The maximum absolute atomic E-state index is 11.6. The molecule has 102 valence electrons. The molecule has 1 aromatic carbocycles. The van der Waals surface area contributed by atoms with Crippen LogP contribution in [0.5, 0.6) is 11.5 Å². The van der Waals surface area contributed by atoms with E-state index in [0.29, 0.717) is 23.6 Å². The van der Waals surface area contributed by atoms with Crippen LogP contribution >= 0.6 is 12.4 Å². The third-order valence-corrected chi connectivity index (χ3v) is 2.43. The normalized spacial score (nSPS) is 11.1. The Balaban J connectivity index is 0.00000289. The van der Waals surface area contributed by atoms with Crippen LogP contribution in [-0.2, 0) is 4.79 Å². The number of ether oxygens (including phenoxy) is 2. The number of benzene rings is 1. The zero-order valence-electron chi connectivity index (χ0n) is 10.7. The summed E-state index contributed by atoms with van der Waals surface area (Å²) in [6.07, 6.45) is 0.596. The molecular formula is C12H19ClN2O3. The second-order valence-electron chi connectivity index (χ2n) is 3.57. The van der Waals surface area contributed by atoms with Crippen LogP contribution in [0.15, 0.2) is 18.2 Å². The van der Waals surface area contributed by atoms with Gasteiger partial charge in [0.2, 0.25) is 5.91 Å². The minimum Gasteiger partial charge on any atom is -0.493 e. The van der Waals surface area contributed by atoms with Gasteiger partial charge in [0, 0.05) is 11.8 Å². The van der Waals surface area contributed by atoms with Gasteiger partial charge in [-0.2, -0.15) is 0 Å². The summed E-state index contributed by atoms with van der Waals surface area (Å²) in [7, 11) is 3.10. The number of carbonyl (C=O) groups is 1. The monoisotopic (exact) mass is 274 g/mol. The van der Waals surface area contributed by atoms with E-state index >= 15 is 0 Å². The van der Waals surface area contributed by atoms with Crippen molar-refractivity contribution in [1.82, 2.24) is 0 Å². The Hall–Kier alpha value is -1.46. The maximum Gasteiger partial charge on any atom is 0.241 e. The molecule has 1 aromatic rings. The quantitative estimate of drug-likeness (QED) is 0.859. The summed E-state index contributed by atoms with van der Waals surface area (Å²) < 4.78 is 10.2. The fourth-order valence-corrected chi connectivity index (χ4v) is 1.33. The average Bonchev–Trinajstić information content (AvgIpc) is 2.37.